The van der Waals surface area contributed by atoms with E-state index in [1.807, 2.05) is 12.1 Å². The molecule has 0 saturated heterocycles. The van der Waals surface area contributed by atoms with E-state index in [-0.39, 0.29) is 12.5 Å². The number of rotatable bonds is 10. The van der Waals surface area contributed by atoms with Crippen molar-refractivity contribution in [1.29, 1.82) is 0 Å². The van der Waals surface area contributed by atoms with Crippen LogP contribution in [0.4, 0.5) is 5.69 Å². The highest BCUT2D eigenvalue weighted by molar-refractivity contribution is 5.53. The number of aliphatic hydroxyl groups excluding tert-OH is 1. The van der Waals surface area contributed by atoms with Gasteiger partial charge in [-0.3, -0.25) is 0 Å². The second-order valence-corrected chi connectivity index (χ2v) is 7.03. The van der Waals surface area contributed by atoms with E-state index in [4.69, 9.17) is 0 Å². The summed E-state index contributed by atoms with van der Waals surface area (Å²) < 4.78 is 0. The zero-order valence-electron chi connectivity index (χ0n) is 16.1. The van der Waals surface area contributed by atoms with Crippen LogP contribution in [0.5, 0.6) is 0 Å². The van der Waals surface area contributed by atoms with E-state index < -0.39 is 0 Å². The summed E-state index contributed by atoms with van der Waals surface area (Å²) in [4.78, 5) is 13.3. The SMILES string of the molecule is O=CCC(CCO)c1ccc(N(Cc2ccccc2)Cc2ccccc2)cc1. The van der Waals surface area contributed by atoms with Crippen molar-refractivity contribution in [3.8, 4) is 0 Å². The fourth-order valence-corrected chi connectivity index (χ4v) is 3.50. The molecule has 3 aromatic rings. The van der Waals surface area contributed by atoms with Crippen molar-refractivity contribution in [2.24, 2.45) is 0 Å². The average Bonchev–Trinajstić information content (AvgIpc) is 2.75. The van der Waals surface area contributed by atoms with E-state index in [9.17, 15) is 9.90 Å². The first-order valence-electron chi connectivity index (χ1n) is 9.77. The number of anilines is 1. The molecule has 1 N–H and O–H groups in total. The molecule has 0 aliphatic carbocycles. The molecule has 3 heteroatoms. The maximum atomic E-state index is 11.0. The minimum Gasteiger partial charge on any atom is -0.396 e. The smallest absolute Gasteiger partial charge is 0.120 e. The predicted molar refractivity (Wildman–Crippen MR) is 114 cm³/mol. The molecule has 3 aromatic carbocycles. The number of aldehydes is 1. The van der Waals surface area contributed by atoms with Gasteiger partial charge in [-0.1, -0.05) is 72.8 Å². The van der Waals surface area contributed by atoms with Gasteiger partial charge in [-0.25, -0.2) is 0 Å². The van der Waals surface area contributed by atoms with Gasteiger partial charge in [0.05, 0.1) is 0 Å². The fraction of sp³-hybridized carbons (Fsp3) is 0.240. The monoisotopic (exact) mass is 373 g/mol. The molecule has 28 heavy (non-hydrogen) atoms. The van der Waals surface area contributed by atoms with Gasteiger partial charge >= 0.3 is 0 Å². The van der Waals surface area contributed by atoms with Gasteiger partial charge in [0.25, 0.3) is 0 Å². The highest BCUT2D eigenvalue weighted by Crippen LogP contribution is 2.27. The quantitative estimate of drug-likeness (QED) is 0.511. The Kier molecular flexibility index (Phi) is 7.39. The Morgan fingerprint density at radius 3 is 1.79 bits per heavy atom. The molecule has 0 bridgehead atoms. The highest BCUT2D eigenvalue weighted by Gasteiger charge is 2.13. The average molecular weight is 373 g/mol. The Bertz CT molecular complexity index is 790. The molecule has 1 unspecified atom stereocenters. The number of carbonyl (C=O) groups excluding carboxylic acids is 1. The lowest BCUT2D eigenvalue weighted by atomic mass is 9.93. The summed E-state index contributed by atoms with van der Waals surface area (Å²) in [6.07, 6.45) is 1.98. The van der Waals surface area contributed by atoms with Crippen molar-refractivity contribution in [2.75, 3.05) is 11.5 Å². The van der Waals surface area contributed by atoms with E-state index in [0.29, 0.717) is 12.8 Å². The molecule has 0 aromatic heterocycles. The van der Waals surface area contributed by atoms with Gasteiger partial charge in [0.1, 0.15) is 6.29 Å². The second kappa shape index (κ2) is 10.4. The summed E-state index contributed by atoms with van der Waals surface area (Å²) in [6.45, 7) is 1.74. The van der Waals surface area contributed by atoms with Crippen LogP contribution in [-0.2, 0) is 17.9 Å². The van der Waals surface area contributed by atoms with Gasteiger partial charge in [0.2, 0.25) is 0 Å². The Hall–Kier alpha value is -2.91. The predicted octanol–water partition coefficient (Wildman–Crippen LogP) is 4.95. The van der Waals surface area contributed by atoms with E-state index in [0.717, 1.165) is 30.6 Å². The Morgan fingerprint density at radius 1 is 0.786 bits per heavy atom. The molecule has 0 aliphatic rings. The lowest BCUT2D eigenvalue weighted by Crippen LogP contribution is -2.22. The summed E-state index contributed by atoms with van der Waals surface area (Å²) in [7, 11) is 0. The lowest BCUT2D eigenvalue weighted by molar-refractivity contribution is -0.108. The number of benzene rings is 3. The zero-order valence-corrected chi connectivity index (χ0v) is 16.1. The largest absolute Gasteiger partial charge is 0.396 e. The van der Waals surface area contributed by atoms with Gasteiger partial charge < -0.3 is 14.8 Å². The maximum absolute atomic E-state index is 11.0. The number of hydrogen-bond donors (Lipinski definition) is 1. The van der Waals surface area contributed by atoms with Crippen molar-refractivity contribution < 1.29 is 9.90 Å². The number of aliphatic hydroxyl groups is 1. The Labute approximate surface area is 167 Å². The summed E-state index contributed by atoms with van der Waals surface area (Å²) in [6, 6.07) is 29.3. The number of hydrogen-bond acceptors (Lipinski definition) is 3. The van der Waals surface area contributed by atoms with Crippen molar-refractivity contribution >= 4 is 12.0 Å². The van der Waals surface area contributed by atoms with Crippen molar-refractivity contribution in [2.45, 2.75) is 31.8 Å². The third-order valence-electron chi connectivity index (χ3n) is 5.02. The third kappa shape index (κ3) is 5.54. The topological polar surface area (TPSA) is 40.5 Å². The third-order valence-corrected chi connectivity index (χ3v) is 5.02. The molecule has 0 spiro atoms. The van der Waals surface area contributed by atoms with Crippen LogP contribution in [0.15, 0.2) is 84.9 Å². The highest BCUT2D eigenvalue weighted by atomic mass is 16.3. The molecular weight excluding hydrogens is 346 g/mol. The molecule has 0 amide bonds. The maximum Gasteiger partial charge on any atom is 0.120 e. The van der Waals surface area contributed by atoms with Crippen molar-refractivity contribution in [3.05, 3.63) is 102 Å². The second-order valence-electron chi connectivity index (χ2n) is 7.03. The van der Waals surface area contributed by atoms with E-state index in [2.05, 4.69) is 77.7 Å². The molecule has 3 nitrogen and oxygen atoms in total. The van der Waals surface area contributed by atoms with Gasteiger partial charge in [-0.15, -0.1) is 0 Å². The molecule has 144 valence electrons. The summed E-state index contributed by atoms with van der Waals surface area (Å²) in [5.74, 6) is 0.0771. The zero-order chi connectivity index (χ0) is 19.6. The molecular formula is C25H27NO2. The molecule has 0 heterocycles. The first kappa shape index (κ1) is 19.8. The summed E-state index contributed by atoms with van der Waals surface area (Å²) in [5.41, 5.74) is 4.78. The first-order chi connectivity index (χ1) is 13.8. The van der Waals surface area contributed by atoms with E-state index in [1.54, 1.807) is 0 Å². The van der Waals surface area contributed by atoms with Crippen molar-refractivity contribution in [3.63, 3.8) is 0 Å². The van der Waals surface area contributed by atoms with Crippen LogP contribution in [0, 0.1) is 0 Å². The Morgan fingerprint density at radius 2 is 1.32 bits per heavy atom. The van der Waals surface area contributed by atoms with Crippen LogP contribution >= 0.6 is 0 Å². The van der Waals surface area contributed by atoms with Gasteiger partial charge in [0.15, 0.2) is 0 Å². The Balaban J connectivity index is 1.83. The minimum atomic E-state index is 0.0771. The molecule has 0 aliphatic heterocycles. The molecule has 0 saturated carbocycles. The van der Waals surface area contributed by atoms with Gasteiger partial charge in [-0.05, 0) is 41.2 Å². The standard InChI is InChI=1S/C25H27NO2/c27-17-15-24(16-18-28)23-11-13-25(14-12-23)26(19-21-7-3-1-4-8-21)20-22-9-5-2-6-10-22/h1-14,17,24,28H,15-16,18-20H2. The normalized spacial score (nSPS) is 11.8. The van der Waals surface area contributed by atoms with Crippen LogP contribution in [0.25, 0.3) is 0 Å². The molecule has 0 radical (unpaired) electrons. The van der Waals surface area contributed by atoms with Crippen LogP contribution in [0.2, 0.25) is 0 Å². The van der Waals surface area contributed by atoms with Crippen LogP contribution in [-0.4, -0.2) is 18.0 Å². The van der Waals surface area contributed by atoms with Gasteiger partial charge in [-0.2, -0.15) is 0 Å². The first-order valence-corrected chi connectivity index (χ1v) is 9.77. The number of carbonyl (C=O) groups is 1. The minimum absolute atomic E-state index is 0.0771. The van der Waals surface area contributed by atoms with E-state index in [1.165, 1.54) is 11.1 Å². The molecule has 0 fully saturated rings. The fourth-order valence-electron chi connectivity index (χ4n) is 3.50. The summed E-state index contributed by atoms with van der Waals surface area (Å²) >= 11 is 0. The van der Waals surface area contributed by atoms with Crippen LogP contribution < -0.4 is 4.90 Å². The lowest BCUT2D eigenvalue weighted by Gasteiger charge is -2.26. The molecule has 1 atom stereocenters. The van der Waals surface area contributed by atoms with Gasteiger partial charge in [0, 0.05) is 31.8 Å². The molecule has 3 rings (SSSR count). The number of nitrogens with zero attached hydrogens (tertiary/aromatic N) is 1. The van der Waals surface area contributed by atoms with Crippen LogP contribution in [0.3, 0.4) is 0 Å². The summed E-state index contributed by atoms with van der Waals surface area (Å²) in [5, 5.41) is 9.27. The van der Waals surface area contributed by atoms with Crippen LogP contribution in [0.1, 0.15) is 35.4 Å². The van der Waals surface area contributed by atoms with Crippen molar-refractivity contribution in [1.82, 2.24) is 0 Å². The van der Waals surface area contributed by atoms with E-state index >= 15 is 0 Å².